The molecule has 3 aromatic rings. The smallest absolute Gasteiger partial charge is 0.260 e. The summed E-state index contributed by atoms with van der Waals surface area (Å²) in [6.45, 7) is 7.21. The number of rotatable bonds is 4. The molecule has 3 heterocycles. The predicted molar refractivity (Wildman–Crippen MR) is 92.2 cm³/mol. The first kappa shape index (κ1) is 16.7. The maximum absolute atomic E-state index is 12.5. The molecule has 3 rings (SSSR count). The van der Waals surface area contributed by atoms with Crippen LogP contribution in [-0.4, -0.2) is 25.7 Å². The lowest BCUT2D eigenvalue weighted by atomic mass is 10.2. The summed E-state index contributed by atoms with van der Waals surface area (Å²) in [6, 6.07) is 4.82. The number of H-pyrrole nitrogens is 1. The van der Waals surface area contributed by atoms with Crippen LogP contribution in [0.25, 0.3) is 5.95 Å². The van der Waals surface area contributed by atoms with Gasteiger partial charge in [0.05, 0.1) is 11.3 Å². The number of hydrogen-bond donors (Lipinski definition) is 2. The van der Waals surface area contributed by atoms with Gasteiger partial charge < -0.3 is 9.73 Å². The summed E-state index contributed by atoms with van der Waals surface area (Å²) in [4.78, 5) is 31.4. The lowest BCUT2D eigenvalue weighted by Gasteiger charge is -2.08. The second-order valence-corrected chi connectivity index (χ2v) is 5.78. The Bertz CT molecular complexity index is 996. The molecule has 0 fully saturated rings. The van der Waals surface area contributed by atoms with Gasteiger partial charge in [-0.15, -0.1) is 0 Å². The van der Waals surface area contributed by atoms with Gasteiger partial charge in [0.2, 0.25) is 5.95 Å². The number of nitrogens with zero attached hydrogens (tertiary/aromatic N) is 3. The van der Waals surface area contributed by atoms with Crippen LogP contribution in [0.5, 0.6) is 0 Å². The molecule has 0 aliphatic rings. The molecule has 0 bridgehead atoms. The zero-order valence-corrected chi connectivity index (χ0v) is 14.5. The van der Waals surface area contributed by atoms with Gasteiger partial charge in [-0.2, -0.15) is 9.78 Å². The third kappa shape index (κ3) is 3.37. The normalized spacial score (nSPS) is 10.9. The van der Waals surface area contributed by atoms with Gasteiger partial charge >= 0.3 is 0 Å². The van der Waals surface area contributed by atoms with Crippen LogP contribution >= 0.6 is 0 Å². The average molecular weight is 341 g/mol. The SMILES string of the molecule is CCc1cc(=O)[nH]c(-n2nc(C)cc2NC(=O)c2cc(C)oc2C)n1. The van der Waals surface area contributed by atoms with E-state index in [9.17, 15) is 9.59 Å². The second-order valence-electron chi connectivity index (χ2n) is 5.78. The van der Waals surface area contributed by atoms with Gasteiger partial charge in [0.15, 0.2) is 0 Å². The van der Waals surface area contributed by atoms with Crippen LogP contribution in [0.2, 0.25) is 0 Å². The van der Waals surface area contributed by atoms with Crippen LogP contribution in [0.15, 0.2) is 27.4 Å². The highest BCUT2D eigenvalue weighted by Gasteiger charge is 2.17. The molecule has 25 heavy (non-hydrogen) atoms. The Morgan fingerprint density at radius 2 is 2.04 bits per heavy atom. The number of carbonyl (C=O) groups is 1. The molecule has 0 spiro atoms. The van der Waals surface area contributed by atoms with E-state index in [1.807, 2.05) is 6.92 Å². The van der Waals surface area contributed by atoms with Crippen molar-refractivity contribution in [1.82, 2.24) is 19.7 Å². The first-order valence-corrected chi connectivity index (χ1v) is 7.93. The van der Waals surface area contributed by atoms with Gasteiger partial charge in [0.25, 0.3) is 11.5 Å². The number of amides is 1. The molecular weight excluding hydrogens is 322 g/mol. The van der Waals surface area contributed by atoms with Crippen molar-refractivity contribution >= 4 is 11.7 Å². The minimum absolute atomic E-state index is 0.257. The second kappa shape index (κ2) is 6.39. The van der Waals surface area contributed by atoms with Crippen molar-refractivity contribution in [3.05, 3.63) is 57.0 Å². The zero-order valence-electron chi connectivity index (χ0n) is 14.5. The van der Waals surface area contributed by atoms with Crippen LogP contribution in [0.4, 0.5) is 5.82 Å². The average Bonchev–Trinajstić information content (AvgIpc) is 3.08. The topological polar surface area (TPSA) is 106 Å². The highest BCUT2D eigenvalue weighted by Crippen LogP contribution is 2.18. The lowest BCUT2D eigenvalue weighted by molar-refractivity contribution is 0.102. The van der Waals surface area contributed by atoms with E-state index in [0.29, 0.717) is 40.7 Å². The fraction of sp³-hybridized carbons (Fsp3) is 0.294. The van der Waals surface area contributed by atoms with E-state index in [4.69, 9.17) is 4.42 Å². The summed E-state index contributed by atoms with van der Waals surface area (Å²) in [6.07, 6.45) is 0.617. The molecule has 130 valence electrons. The Kier molecular flexibility index (Phi) is 4.26. The van der Waals surface area contributed by atoms with E-state index >= 15 is 0 Å². The number of anilines is 1. The minimum Gasteiger partial charge on any atom is -0.466 e. The maximum atomic E-state index is 12.5. The monoisotopic (exact) mass is 341 g/mol. The number of nitrogens with one attached hydrogen (secondary N) is 2. The highest BCUT2D eigenvalue weighted by molar-refractivity contribution is 6.04. The summed E-state index contributed by atoms with van der Waals surface area (Å²) in [5.74, 6) is 1.56. The molecule has 8 heteroatoms. The van der Waals surface area contributed by atoms with Crippen molar-refractivity contribution < 1.29 is 9.21 Å². The van der Waals surface area contributed by atoms with Crippen molar-refractivity contribution in [1.29, 1.82) is 0 Å². The molecule has 1 amide bonds. The van der Waals surface area contributed by atoms with Crippen molar-refractivity contribution in [2.75, 3.05) is 5.32 Å². The first-order chi connectivity index (χ1) is 11.9. The van der Waals surface area contributed by atoms with Crippen LogP contribution < -0.4 is 10.9 Å². The molecule has 0 saturated heterocycles. The Hall–Kier alpha value is -3.16. The number of carbonyl (C=O) groups excluding carboxylic acids is 1. The molecule has 0 atom stereocenters. The molecular formula is C17H19N5O3. The molecule has 8 nitrogen and oxygen atoms in total. The fourth-order valence-electron chi connectivity index (χ4n) is 2.57. The molecule has 0 aromatic carbocycles. The summed E-state index contributed by atoms with van der Waals surface area (Å²) in [7, 11) is 0. The number of aromatic amines is 1. The quantitative estimate of drug-likeness (QED) is 0.757. The first-order valence-electron chi connectivity index (χ1n) is 7.93. The van der Waals surface area contributed by atoms with Crippen LogP contribution in [0, 0.1) is 20.8 Å². The van der Waals surface area contributed by atoms with E-state index < -0.39 is 0 Å². The molecule has 0 aliphatic carbocycles. The van der Waals surface area contributed by atoms with E-state index in [0.717, 1.165) is 0 Å². The largest absolute Gasteiger partial charge is 0.466 e. The number of furan rings is 1. The van der Waals surface area contributed by atoms with Crippen LogP contribution in [0.1, 0.15) is 40.2 Å². The van der Waals surface area contributed by atoms with Crippen LogP contribution in [0.3, 0.4) is 0 Å². The molecule has 0 unspecified atom stereocenters. The standard InChI is InChI=1S/C17H19N5O3/c1-5-12-8-15(23)20-17(18-12)22-14(6-9(2)21-22)19-16(24)13-7-10(3)25-11(13)4/h6-8H,5H2,1-4H3,(H,19,24)(H,18,20,23). The van der Waals surface area contributed by atoms with Crippen molar-refractivity contribution in [2.24, 2.45) is 0 Å². The van der Waals surface area contributed by atoms with Crippen molar-refractivity contribution in [3.63, 3.8) is 0 Å². The van der Waals surface area contributed by atoms with Gasteiger partial charge in [-0.1, -0.05) is 6.92 Å². The minimum atomic E-state index is -0.315. The van der Waals surface area contributed by atoms with E-state index in [1.165, 1.54) is 10.7 Å². The molecule has 0 radical (unpaired) electrons. The van der Waals surface area contributed by atoms with Gasteiger partial charge in [-0.25, -0.2) is 4.98 Å². The van der Waals surface area contributed by atoms with Crippen LogP contribution in [-0.2, 0) is 6.42 Å². The Balaban J connectivity index is 1.99. The Morgan fingerprint density at radius 1 is 1.28 bits per heavy atom. The van der Waals surface area contributed by atoms with Gasteiger partial charge in [-0.05, 0) is 33.3 Å². The number of hydrogen-bond acceptors (Lipinski definition) is 5. The maximum Gasteiger partial charge on any atom is 0.260 e. The summed E-state index contributed by atoms with van der Waals surface area (Å²) >= 11 is 0. The number of aryl methyl sites for hydroxylation is 4. The number of aromatic nitrogens is 4. The van der Waals surface area contributed by atoms with Crippen molar-refractivity contribution in [2.45, 2.75) is 34.1 Å². The zero-order chi connectivity index (χ0) is 18.1. The predicted octanol–water partition coefficient (Wildman–Crippen LogP) is 2.29. The lowest BCUT2D eigenvalue weighted by Crippen LogP contribution is -2.19. The molecule has 0 aliphatic heterocycles. The Labute approximate surface area is 143 Å². The van der Waals surface area contributed by atoms with Gasteiger partial charge in [0.1, 0.15) is 17.3 Å². The van der Waals surface area contributed by atoms with E-state index in [2.05, 4.69) is 20.4 Å². The third-order valence-corrected chi connectivity index (χ3v) is 3.70. The fourth-order valence-corrected chi connectivity index (χ4v) is 2.57. The molecule has 2 N–H and O–H groups in total. The van der Waals surface area contributed by atoms with Gasteiger partial charge in [0, 0.05) is 17.8 Å². The molecule has 0 saturated carbocycles. The van der Waals surface area contributed by atoms with Gasteiger partial charge in [-0.3, -0.25) is 14.6 Å². The third-order valence-electron chi connectivity index (χ3n) is 3.70. The summed E-state index contributed by atoms with van der Waals surface area (Å²) in [5.41, 5.74) is 1.51. The highest BCUT2D eigenvalue weighted by atomic mass is 16.3. The van der Waals surface area contributed by atoms with E-state index in [1.54, 1.807) is 32.9 Å². The summed E-state index contributed by atoms with van der Waals surface area (Å²) < 4.78 is 6.81. The summed E-state index contributed by atoms with van der Waals surface area (Å²) in [5, 5.41) is 7.11. The van der Waals surface area contributed by atoms with Crippen molar-refractivity contribution in [3.8, 4) is 5.95 Å². The Morgan fingerprint density at radius 3 is 2.68 bits per heavy atom. The molecule has 3 aromatic heterocycles. The van der Waals surface area contributed by atoms with E-state index in [-0.39, 0.29) is 17.4 Å².